The Kier molecular flexibility index (Phi) is 6.01. The Bertz CT molecular complexity index is 1060. The number of rotatable bonds is 3. The molecule has 0 bridgehead atoms. The van der Waals surface area contributed by atoms with E-state index in [0.717, 1.165) is 37.2 Å². The van der Waals surface area contributed by atoms with Crippen molar-refractivity contribution in [3.05, 3.63) is 53.3 Å². The lowest BCUT2D eigenvalue weighted by Gasteiger charge is -2.58. The summed E-state index contributed by atoms with van der Waals surface area (Å²) in [5.74, 6) is 0.501. The van der Waals surface area contributed by atoms with Gasteiger partial charge >= 0.3 is 6.18 Å². The molecule has 3 atom stereocenters. The van der Waals surface area contributed by atoms with Crippen molar-refractivity contribution in [2.24, 2.45) is 5.92 Å². The number of anilines is 1. The van der Waals surface area contributed by atoms with E-state index in [2.05, 4.69) is 16.8 Å². The lowest BCUT2D eigenvalue weighted by molar-refractivity contribution is -0.146. The minimum atomic E-state index is -4.52. The molecule has 3 heterocycles. The van der Waals surface area contributed by atoms with Crippen LogP contribution in [0.4, 0.5) is 18.9 Å². The van der Waals surface area contributed by atoms with Gasteiger partial charge in [0, 0.05) is 42.1 Å². The average molecular weight is 494 g/mol. The maximum absolute atomic E-state index is 13.7. The Morgan fingerprint density at radius 1 is 1.18 bits per heavy atom. The monoisotopic (exact) mass is 493 g/mol. The molecule has 1 saturated carbocycles. The van der Waals surface area contributed by atoms with Gasteiger partial charge in [-0.25, -0.2) is 0 Å². The summed E-state index contributed by atoms with van der Waals surface area (Å²) in [6.07, 6.45) is 0.389. The predicted molar refractivity (Wildman–Crippen MR) is 123 cm³/mol. The second-order valence-electron chi connectivity index (χ2n) is 9.65. The van der Waals surface area contributed by atoms with Gasteiger partial charge in [-0.2, -0.15) is 13.2 Å². The van der Waals surface area contributed by atoms with E-state index in [1.165, 1.54) is 6.07 Å². The molecule has 1 amide bonds. The number of hydrogen-bond donors (Lipinski definition) is 0. The number of benzene rings is 1. The molecule has 5 nitrogen and oxygen atoms in total. The molecule has 1 aromatic carbocycles. The van der Waals surface area contributed by atoms with Gasteiger partial charge in [-0.15, -0.1) is 0 Å². The van der Waals surface area contributed by atoms with Crippen molar-refractivity contribution >= 4 is 23.2 Å². The van der Waals surface area contributed by atoms with Crippen LogP contribution in [0.3, 0.4) is 0 Å². The molecular formula is C25H27ClF3N3O2. The number of aromatic nitrogens is 1. The molecule has 9 heteroatoms. The van der Waals surface area contributed by atoms with Crippen LogP contribution < -0.4 is 9.64 Å². The highest BCUT2D eigenvalue weighted by Gasteiger charge is 2.57. The molecule has 5 rings (SSSR count). The quantitative estimate of drug-likeness (QED) is 0.560. The Morgan fingerprint density at radius 3 is 2.56 bits per heavy atom. The molecular weight excluding hydrogens is 467 g/mol. The van der Waals surface area contributed by atoms with Gasteiger partial charge in [0.1, 0.15) is 23.1 Å². The highest BCUT2D eigenvalue weighted by Crippen LogP contribution is 2.47. The molecule has 3 aliphatic rings. The van der Waals surface area contributed by atoms with Crippen molar-refractivity contribution in [1.82, 2.24) is 9.88 Å². The minimum Gasteiger partial charge on any atom is -0.490 e. The van der Waals surface area contributed by atoms with E-state index >= 15 is 0 Å². The van der Waals surface area contributed by atoms with Gasteiger partial charge in [0.25, 0.3) is 0 Å². The third kappa shape index (κ3) is 4.15. The molecule has 34 heavy (non-hydrogen) atoms. The molecule has 1 aliphatic carbocycles. The zero-order valence-electron chi connectivity index (χ0n) is 18.9. The first kappa shape index (κ1) is 23.4. The Labute approximate surface area is 201 Å². The number of halogens is 4. The predicted octanol–water partition coefficient (Wildman–Crippen LogP) is 5.57. The van der Waals surface area contributed by atoms with Crippen LogP contribution in [0.5, 0.6) is 5.75 Å². The third-order valence-electron chi connectivity index (χ3n) is 7.59. The summed E-state index contributed by atoms with van der Waals surface area (Å²) in [6, 6.07) is 9.95. The summed E-state index contributed by atoms with van der Waals surface area (Å²) in [4.78, 5) is 21.4. The van der Waals surface area contributed by atoms with Gasteiger partial charge < -0.3 is 9.64 Å². The molecule has 2 saturated heterocycles. The second kappa shape index (κ2) is 8.72. The van der Waals surface area contributed by atoms with E-state index < -0.39 is 17.4 Å². The maximum Gasteiger partial charge on any atom is 0.433 e. The van der Waals surface area contributed by atoms with Crippen LogP contribution in [0.15, 0.2) is 42.6 Å². The fraction of sp³-hybridized carbons (Fsp3) is 0.520. The zero-order valence-corrected chi connectivity index (χ0v) is 19.6. The Balaban J connectivity index is 1.38. The molecule has 2 aromatic rings. The van der Waals surface area contributed by atoms with Crippen LogP contribution >= 0.6 is 11.6 Å². The van der Waals surface area contributed by atoms with Crippen LogP contribution in [-0.4, -0.2) is 46.6 Å². The van der Waals surface area contributed by atoms with E-state index in [1.54, 1.807) is 12.1 Å². The number of carbonyl (C=O) groups is 1. The molecule has 1 spiro atoms. The summed E-state index contributed by atoms with van der Waals surface area (Å²) in [6.45, 7) is 3.40. The lowest BCUT2D eigenvalue weighted by Crippen LogP contribution is -2.73. The summed E-state index contributed by atoms with van der Waals surface area (Å²) in [5.41, 5.74) is -0.617. The molecule has 3 fully saturated rings. The van der Waals surface area contributed by atoms with Crippen LogP contribution in [0, 0.1) is 5.92 Å². The fourth-order valence-electron chi connectivity index (χ4n) is 5.70. The Morgan fingerprint density at radius 2 is 1.91 bits per heavy atom. The van der Waals surface area contributed by atoms with Crippen molar-refractivity contribution in [1.29, 1.82) is 0 Å². The first-order chi connectivity index (χ1) is 16.2. The lowest BCUT2D eigenvalue weighted by atomic mass is 9.70. The number of amides is 1. The van der Waals surface area contributed by atoms with Crippen molar-refractivity contribution in [2.75, 3.05) is 18.0 Å². The van der Waals surface area contributed by atoms with E-state index in [1.807, 2.05) is 17.0 Å². The van der Waals surface area contributed by atoms with Crippen molar-refractivity contribution in [3.63, 3.8) is 0 Å². The third-order valence-corrected chi connectivity index (χ3v) is 7.84. The number of ether oxygens (including phenoxy) is 1. The standard InChI is InChI=1S/C25H27ClF3N3O2/c1-16-13-20(34-19-7-11-30-22(14-19)25(27,28)29)8-12-32-21(16)15-31(18-5-3-17(26)4-6-18)23(33)24(32)9-2-10-24/h3-7,11,14,16,20-21H,2,8-10,12-13,15H2,1H3. The summed E-state index contributed by atoms with van der Waals surface area (Å²) >= 11 is 6.06. The van der Waals surface area contributed by atoms with Gasteiger partial charge in [0.05, 0.1) is 0 Å². The van der Waals surface area contributed by atoms with Gasteiger partial charge in [-0.3, -0.25) is 14.7 Å². The summed E-state index contributed by atoms with van der Waals surface area (Å²) < 4.78 is 45.3. The fourth-order valence-corrected chi connectivity index (χ4v) is 5.82. The first-order valence-electron chi connectivity index (χ1n) is 11.7. The van der Waals surface area contributed by atoms with E-state index in [9.17, 15) is 18.0 Å². The molecule has 3 unspecified atom stereocenters. The van der Waals surface area contributed by atoms with Crippen LogP contribution in [0.1, 0.15) is 44.7 Å². The highest BCUT2D eigenvalue weighted by atomic mass is 35.5. The molecule has 2 aliphatic heterocycles. The van der Waals surface area contributed by atoms with Crippen molar-refractivity contribution in [2.45, 2.75) is 62.9 Å². The molecule has 1 aromatic heterocycles. The number of pyridine rings is 1. The van der Waals surface area contributed by atoms with E-state index in [0.29, 0.717) is 31.0 Å². The van der Waals surface area contributed by atoms with E-state index in [4.69, 9.17) is 16.3 Å². The number of nitrogens with zero attached hydrogens (tertiary/aromatic N) is 3. The SMILES string of the molecule is CC1CC(Oc2ccnc(C(F)(F)F)c2)CCN2C1CN(c1ccc(Cl)cc1)C(=O)C21CCC1. The zero-order chi connectivity index (χ0) is 24.1. The number of alkyl halides is 3. The number of piperazine rings is 1. The van der Waals surface area contributed by atoms with Crippen molar-refractivity contribution < 1.29 is 22.7 Å². The van der Waals surface area contributed by atoms with Gasteiger partial charge in [-0.05, 0) is 68.4 Å². The number of fused-ring (bicyclic) bond motifs is 2. The molecule has 0 N–H and O–H groups in total. The number of hydrogen-bond acceptors (Lipinski definition) is 4. The molecule has 0 radical (unpaired) electrons. The van der Waals surface area contributed by atoms with Gasteiger partial charge in [0.15, 0.2) is 0 Å². The summed E-state index contributed by atoms with van der Waals surface area (Å²) in [5, 5.41) is 0.626. The van der Waals surface area contributed by atoms with Crippen molar-refractivity contribution in [3.8, 4) is 5.75 Å². The summed E-state index contributed by atoms with van der Waals surface area (Å²) in [7, 11) is 0. The van der Waals surface area contributed by atoms with Gasteiger partial charge in [-0.1, -0.05) is 18.5 Å². The topological polar surface area (TPSA) is 45.7 Å². The minimum absolute atomic E-state index is 0.132. The van der Waals surface area contributed by atoms with Crippen LogP contribution in [0.2, 0.25) is 5.02 Å². The Hall–Kier alpha value is -2.32. The largest absolute Gasteiger partial charge is 0.490 e. The second-order valence-corrected chi connectivity index (χ2v) is 10.1. The highest BCUT2D eigenvalue weighted by molar-refractivity contribution is 6.30. The normalized spacial score (nSPS) is 27.1. The maximum atomic E-state index is 13.7. The van der Waals surface area contributed by atoms with E-state index in [-0.39, 0.29) is 29.7 Å². The smallest absolute Gasteiger partial charge is 0.433 e. The first-order valence-corrected chi connectivity index (χ1v) is 12.1. The van der Waals surface area contributed by atoms with Crippen LogP contribution in [0.25, 0.3) is 0 Å². The molecule has 182 valence electrons. The van der Waals surface area contributed by atoms with Crippen LogP contribution in [-0.2, 0) is 11.0 Å². The number of carbonyl (C=O) groups excluding carboxylic acids is 1. The van der Waals surface area contributed by atoms with Gasteiger partial charge in [0.2, 0.25) is 5.91 Å². The average Bonchev–Trinajstić information content (AvgIpc) is 2.91.